The predicted molar refractivity (Wildman–Crippen MR) is 78.8 cm³/mol. The highest BCUT2D eigenvalue weighted by molar-refractivity contribution is 6.30. The zero-order valence-electron chi connectivity index (χ0n) is 11.4. The van der Waals surface area contributed by atoms with Crippen molar-refractivity contribution >= 4 is 23.3 Å². The van der Waals surface area contributed by atoms with Crippen LogP contribution in [0.4, 0.5) is 10.5 Å². The second-order valence-electron chi connectivity index (χ2n) is 5.12. The van der Waals surface area contributed by atoms with Crippen molar-refractivity contribution in [2.24, 2.45) is 0 Å². The molecule has 1 heterocycles. The van der Waals surface area contributed by atoms with E-state index in [1.165, 1.54) is 0 Å². The normalized spacial score (nSPS) is 16.7. The number of nitrogens with zero attached hydrogens (tertiary/aromatic N) is 2. The molecule has 1 N–H and O–H groups in total. The van der Waals surface area contributed by atoms with Gasteiger partial charge in [-0.2, -0.15) is 0 Å². The third-order valence-corrected chi connectivity index (χ3v) is 3.79. The summed E-state index contributed by atoms with van der Waals surface area (Å²) in [5.41, 5.74) is 0.743. The SMILES string of the molecule is CN(C)C1CCN(C(=O)Nc2cccc(Cl)c2)CC1. The van der Waals surface area contributed by atoms with E-state index in [0.717, 1.165) is 31.6 Å². The average Bonchev–Trinajstić information content (AvgIpc) is 2.39. The molecule has 0 radical (unpaired) electrons. The smallest absolute Gasteiger partial charge is 0.321 e. The van der Waals surface area contributed by atoms with E-state index in [2.05, 4.69) is 24.3 Å². The second-order valence-corrected chi connectivity index (χ2v) is 5.56. The van der Waals surface area contributed by atoms with Crippen LogP contribution >= 0.6 is 11.6 Å². The van der Waals surface area contributed by atoms with E-state index >= 15 is 0 Å². The van der Waals surface area contributed by atoms with Gasteiger partial charge in [-0.15, -0.1) is 0 Å². The Balaban J connectivity index is 1.88. The van der Waals surface area contributed by atoms with Crippen LogP contribution < -0.4 is 5.32 Å². The molecule has 0 unspecified atom stereocenters. The van der Waals surface area contributed by atoms with Crippen LogP contribution in [-0.2, 0) is 0 Å². The number of likely N-dealkylation sites (tertiary alicyclic amines) is 1. The lowest BCUT2D eigenvalue weighted by molar-refractivity contribution is 0.156. The van der Waals surface area contributed by atoms with E-state index < -0.39 is 0 Å². The molecule has 104 valence electrons. The Labute approximate surface area is 119 Å². The molecule has 0 atom stereocenters. The number of hydrogen-bond donors (Lipinski definition) is 1. The van der Waals surface area contributed by atoms with E-state index in [1.54, 1.807) is 12.1 Å². The summed E-state index contributed by atoms with van der Waals surface area (Å²) in [5.74, 6) is 0. The standard InChI is InChI=1S/C14H20ClN3O/c1-17(2)13-6-8-18(9-7-13)14(19)16-12-5-3-4-11(15)10-12/h3-5,10,13H,6-9H2,1-2H3,(H,16,19). The minimum absolute atomic E-state index is 0.0422. The quantitative estimate of drug-likeness (QED) is 0.905. The summed E-state index contributed by atoms with van der Waals surface area (Å²) < 4.78 is 0. The Hall–Kier alpha value is -1.26. The van der Waals surface area contributed by atoms with E-state index in [1.807, 2.05) is 17.0 Å². The van der Waals surface area contributed by atoms with Crippen molar-refractivity contribution in [1.29, 1.82) is 0 Å². The van der Waals surface area contributed by atoms with Crippen LogP contribution in [0.15, 0.2) is 24.3 Å². The van der Waals surface area contributed by atoms with Gasteiger partial charge in [0, 0.05) is 29.8 Å². The molecular weight excluding hydrogens is 262 g/mol. The largest absolute Gasteiger partial charge is 0.324 e. The lowest BCUT2D eigenvalue weighted by atomic mass is 10.0. The van der Waals surface area contributed by atoms with Crippen molar-refractivity contribution in [3.05, 3.63) is 29.3 Å². The van der Waals surface area contributed by atoms with Crippen LogP contribution in [0.3, 0.4) is 0 Å². The fourth-order valence-corrected chi connectivity index (χ4v) is 2.54. The Morgan fingerprint density at radius 2 is 2.05 bits per heavy atom. The molecule has 1 saturated heterocycles. The Morgan fingerprint density at radius 1 is 1.37 bits per heavy atom. The number of piperidine rings is 1. The third-order valence-electron chi connectivity index (χ3n) is 3.56. The maximum Gasteiger partial charge on any atom is 0.321 e. The minimum Gasteiger partial charge on any atom is -0.324 e. The number of amides is 2. The molecule has 1 aliphatic rings. The number of halogens is 1. The summed E-state index contributed by atoms with van der Waals surface area (Å²) in [6.07, 6.45) is 2.05. The zero-order chi connectivity index (χ0) is 13.8. The van der Waals surface area contributed by atoms with Crippen molar-refractivity contribution in [3.63, 3.8) is 0 Å². The van der Waals surface area contributed by atoms with E-state index in [4.69, 9.17) is 11.6 Å². The van der Waals surface area contributed by atoms with E-state index in [-0.39, 0.29) is 6.03 Å². The molecule has 1 fully saturated rings. The van der Waals surface area contributed by atoms with Gasteiger partial charge >= 0.3 is 6.03 Å². The van der Waals surface area contributed by atoms with Crippen LogP contribution in [0.5, 0.6) is 0 Å². The molecule has 0 aliphatic carbocycles. The number of anilines is 1. The number of hydrogen-bond acceptors (Lipinski definition) is 2. The van der Waals surface area contributed by atoms with Crippen molar-refractivity contribution in [3.8, 4) is 0 Å². The number of carbonyl (C=O) groups is 1. The summed E-state index contributed by atoms with van der Waals surface area (Å²) in [7, 11) is 4.18. The summed E-state index contributed by atoms with van der Waals surface area (Å²) in [5, 5.41) is 3.51. The molecular formula is C14H20ClN3O. The van der Waals surface area contributed by atoms with Gasteiger partial charge in [0.1, 0.15) is 0 Å². The Kier molecular flexibility index (Phi) is 4.66. The van der Waals surface area contributed by atoms with Crippen LogP contribution in [0, 0.1) is 0 Å². The van der Waals surface area contributed by atoms with Crippen molar-refractivity contribution < 1.29 is 4.79 Å². The van der Waals surface area contributed by atoms with Gasteiger partial charge in [-0.1, -0.05) is 17.7 Å². The third kappa shape index (κ3) is 3.85. The van der Waals surface area contributed by atoms with Gasteiger partial charge in [0.15, 0.2) is 0 Å². The number of benzene rings is 1. The fourth-order valence-electron chi connectivity index (χ4n) is 2.35. The fraction of sp³-hybridized carbons (Fsp3) is 0.500. The van der Waals surface area contributed by atoms with Crippen LogP contribution in [-0.4, -0.2) is 49.1 Å². The molecule has 2 amide bonds. The summed E-state index contributed by atoms with van der Waals surface area (Å²) >= 11 is 5.90. The Bertz CT molecular complexity index is 442. The summed E-state index contributed by atoms with van der Waals surface area (Å²) in [6.45, 7) is 1.60. The number of rotatable bonds is 2. The highest BCUT2D eigenvalue weighted by Gasteiger charge is 2.23. The first kappa shape index (κ1) is 14.2. The van der Waals surface area contributed by atoms with Crippen molar-refractivity contribution in [1.82, 2.24) is 9.80 Å². The highest BCUT2D eigenvalue weighted by atomic mass is 35.5. The molecule has 1 aliphatic heterocycles. The van der Waals surface area contributed by atoms with Crippen LogP contribution in [0.25, 0.3) is 0 Å². The highest BCUT2D eigenvalue weighted by Crippen LogP contribution is 2.18. The van der Waals surface area contributed by atoms with Crippen molar-refractivity contribution in [2.45, 2.75) is 18.9 Å². The van der Waals surface area contributed by atoms with Gasteiger partial charge in [0.05, 0.1) is 0 Å². The van der Waals surface area contributed by atoms with Crippen LogP contribution in [0.1, 0.15) is 12.8 Å². The lowest BCUT2D eigenvalue weighted by Gasteiger charge is -2.35. The molecule has 1 aromatic rings. The van der Waals surface area contributed by atoms with E-state index in [0.29, 0.717) is 11.1 Å². The van der Waals surface area contributed by atoms with Gasteiger partial charge in [-0.25, -0.2) is 4.79 Å². The topological polar surface area (TPSA) is 35.6 Å². The molecule has 19 heavy (non-hydrogen) atoms. The summed E-state index contributed by atoms with van der Waals surface area (Å²) in [6, 6.07) is 7.76. The van der Waals surface area contributed by atoms with Crippen molar-refractivity contribution in [2.75, 3.05) is 32.5 Å². The summed E-state index contributed by atoms with van der Waals surface area (Å²) in [4.78, 5) is 16.2. The van der Waals surface area contributed by atoms with E-state index in [9.17, 15) is 4.79 Å². The van der Waals surface area contributed by atoms with Crippen LogP contribution in [0.2, 0.25) is 5.02 Å². The predicted octanol–water partition coefficient (Wildman–Crippen LogP) is 2.90. The second kappa shape index (κ2) is 6.26. The first-order valence-corrected chi connectivity index (χ1v) is 6.92. The average molecular weight is 282 g/mol. The number of carbonyl (C=O) groups excluding carboxylic acids is 1. The molecule has 0 bridgehead atoms. The lowest BCUT2D eigenvalue weighted by Crippen LogP contribution is -2.46. The minimum atomic E-state index is -0.0422. The maximum atomic E-state index is 12.1. The van der Waals surface area contributed by atoms with Gasteiger partial charge < -0.3 is 15.1 Å². The van der Waals surface area contributed by atoms with Gasteiger partial charge in [-0.3, -0.25) is 0 Å². The number of nitrogens with one attached hydrogen (secondary N) is 1. The maximum absolute atomic E-state index is 12.1. The molecule has 4 nitrogen and oxygen atoms in total. The first-order valence-electron chi connectivity index (χ1n) is 6.54. The molecule has 1 aromatic carbocycles. The molecule has 0 spiro atoms. The monoisotopic (exact) mass is 281 g/mol. The van der Waals surface area contributed by atoms with Gasteiger partial charge in [-0.05, 0) is 45.1 Å². The molecule has 5 heteroatoms. The number of urea groups is 1. The molecule has 0 aromatic heterocycles. The zero-order valence-corrected chi connectivity index (χ0v) is 12.2. The molecule has 0 saturated carbocycles. The Morgan fingerprint density at radius 3 is 2.63 bits per heavy atom. The molecule has 2 rings (SSSR count). The van der Waals surface area contributed by atoms with Gasteiger partial charge in [0.2, 0.25) is 0 Å². The first-order chi connectivity index (χ1) is 9.06. The van der Waals surface area contributed by atoms with Gasteiger partial charge in [0.25, 0.3) is 0 Å².